The summed E-state index contributed by atoms with van der Waals surface area (Å²) in [4.78, 5) is 6.60. The molecule has 0 radical (unpaired) electrons. The van der Waals surface area contributed by atoms with Gasteiger partial charge in [-0.15, -0.1) is 0 Å². The second kappa shape index (κ2) is 8.55. The summed E-state index contributed by atoms with van der Waals surface area (Å²) < 4.78 is 5.28. The van der Waals surface area contributed by atoms with Gasteiger partial charge in [-0.05, 0) is 36.8 Å². The van der Waals surface area contributed by atoms with Crippen molar-refractivity contribution in [2.24, 2.45) is 4.99 Å². The second-order valence-corrected chi connectivity index (χ2v) is 8.57. The standard InChI is InChI=1S/C22H28N4OS/c1-17-4-6-18(7-5-17)21-16-28-22(23-19-8-10-20(27-3)11-9-19)26(21)25-14-12-24(2)13-15-25/h4-11,21H,12-16H2,1-3H3/p+1/t21-/m1/s1. The van der Waals surface area contributed by atoms with Crippen LogP contribution in [0.5, 0.6) is 5.75 Å². The Balaban J connectivity index is 1.64. The van der Waals surface area contributed by atoms with Gasteiger partial charge in [-0.2, -0.15) is 0 Å². The molecule has 5 nitrogen and oxygen atoms in total. The first kappa shape index (κ1) is 19.3. The molecule has 0 saturated carbocycles. The van der Waals surface area contributed by atoms with E-state index in [0.717, 1.165) is 48.5 Å². The number of hydrazine groups is 1. The van der Waals surface area contributed by atoms with Crippen molar-refractivity contribution < 1.29 is 9.64 Å². The Morgan fingerprint density at radius 3 is 2.36 bits per heavy atom. The molecule has 0 aromatic heterocycles. The van der Waals surface area contributed by atoms with Crippen molar-refractivity contribution in [2.45, 2.75) is 13.0 Å². The van der Waals surface area contributed by atoms with Crippen LogP contribution in [0.25, 0.3) is 0 Å². The number of aryl methyl sites for hydroxylation is 1. The Bertz CT molecular complexity index is 813. The van der Waals surface area contributed by atoms with Gasteiger partial charge in [-0.3, -0.25) is 5.01 Å². The fourth-order valence-electron chi connectivity index (χ4n) is 3.71. The number of rotatable bonds is 4. The van der Waals surface area contributed by atoms with Crippen molar-refractivity contribution in [2.75, 3.05) is 46.1 Å². The zero-order valence-electron chi connectivity index (χ0n) is 16.9. The van der Waals surface area contributed by atoms with E-state index in [4.69, 9.17) is 9.73 Å². The van der Waals surface area contributed by atoms with Gasteiger partial charge in [-0.1, -0.05) is 41.6 Å². The van der Waals surface area contributed by atoms with Crippen molar-refractivity contribution in [3.05, 3.63) is 59.7 Å². The highest BCUT2D eigenvalue weighted by molar-refractivity contribution is 8.14. The molecule has 2 aliphatic heterocycles. The van der Waals surface area contributed by atoms with Gasteiger partial charge in [0.1, 0.15) is 5.75 Å². The Hall–Kier alpha value is -2.02. The molecule has 2 heterocycles. The van der Waals surface area contributed by atoms with Crippen LogP contribution in [0.3, 0.4) is 0 Å². The lowest BCUT2D eigenvalue weighted by Gasteiger charge is -2.40. The van der Waals surface area contributed by atoms with Gasteiger partial charge in [-0.25, -0.2) is 10.0 Å². The average molecular weight is 398 g/mol. The number of aliphatic imine (C=N–C) groups is 1. The Kier molecular flexibility index (Phi) is 5.90. The molecular weight excluding hydrogens is 368 g/mol. The fourth-order valence-corrected chi connectivity index (χ4v) is 4.90. The maximum Gasteiger partial charge on any atom is 0.179 e. The molecular formula is C22H29N4OS+. The van der Waals surface area contributed by atoms with Crippen LogP contribution in [-0.2, 0) is 0 Å². The van der Waals surface area contributed by atoms with E-state index >= 15 is 0 Å². The van der Waals surface area contributed by atoms with Crippen LogP contribution in [-0.4, -0.2) is 61.3 Å². The van der Waals surface area contributed by atoms with E-state index in [-0.39, 0.29) is 0 Å². The third-order valence-corrected chi connectivity index (χ3v) is 6.54. The zero-order chi connectivity index (χ0) is 19.5. The smallest absolute Gasteiger partial charge is 0.179 e. The minimum absolute atomic E-state index is 0.334. The molecule has 2 saturated heterocycles. The highest BCUT2D eigenvalue weighted by Crippen LogP contribution is 2.38. The van der Waals surface area contributed by atoms with Crippen LogP contribution >= 0.6 is 11.8 Å². The van der Waals surface area contributed by atoms with Gasteiger partial charge in [0.15, 0.2) is 5.17 Å². The zero-order valence-corrected chi connectivity index (χ0v) is 17.7. The van der Waals surface area contributed by atoms with Crippen molar-refractivity contribution in [3.63, 3.8) is 0 Å². The highest BCUT2D eigenvalue weighted by atomic mass is 32.2. The topological polar surface area (TPSA) is 32.5 Å². The lowest BCUT2D eigenvalue weighted by molar-refractivity contribution is -0.885. The molecule has 2 aromatic rings. The van der Waals surface area contributed by atoms with E-state index in [0.29, 0.717) is 6.04 Å². The van der Waals surface area contributed by atoms with Crippen LogP contribution in [0.2, 0.25) is 0 Å². The van der Waals surface area contributed by atoms with E-state index in [9.17, 15) is 0 Å². The van der Waals surface area contributed by atoms with Crippen molar-refractivity contribution in [3.8, 4) is 5.75 Å². The molecule has 148 valence electrons. The minimum atomic E-state index is 0.334. The van der Waals surface area contributed by atoms with Crippen molar-refractivity contribution in [1.29, 1.82) is 0 Å². The number of thioether (sulfide) groups is 1. The van der Waals surface area contributed by atoms with Gasteiger partial charge in [0.25, 0.3) is 0 Å². The number of hydrogen-bond donors (Lipinski definition) is 1. The summed E-state index contributed by atoms with van der Waals surface area (Å²) in [6, 6.07) is 17.3. The molecule has 2 aromatic carbocycles. The molecule has 28 heavy (non-hydrogen) atoms. The molecule has 2 fully saturated rings. The monoisotopic (exact) mass is 397 g/mol. The van der Waals surface area contributed by atoms with Crippen LogP contribution in [0, 0.1) is 6.92 Å². The number of methoxy groups -OCH3 is 1. The molecule has 0 aliphatic carbocycles. The number of piperazine rings is 1. The Labute approximate surface area is 172 Å². The fraction of sp³-hybridized carbons (Fsp3) is 0.409. The van der Waals surface area contributed by atoms with E-state index < -0.39 is 0 Å². The van der Waals surface area contributed by atoms with Crippen LogP contribution in [0.1, 0.15) is 17.2 Å². The minimum Gasteiger partial charge on any atom is -0.497 e. The van der Waals surface area contributed by atoms with Gasteiger partial charge < -0.3 is 9.64 Å². The molecule has 0 amide bonds. The summed E-state index contributed by atoms with van der Waals surface area (Å²) in [5, 5.41) is 6.04. The summed E-state index contributed by atoms with van der Waals surface area (Å²) >= 11 is 1.85. The van der Waals surface area contributed by atoms with E-state index in [1.54, 1.807) is 12.0 Å². The quantitative estimate of drug-likeness (QED) is 0.859. The average Bonchev–Trinajstić information content (AvgIpc) is 3.13. The maximum absolute atomic E-state index is 5.28. The Morgan fingerprint density at radius 1 is 1.04 bits per heavy atom. The molecule has 0 unspecified atom stereocenters. The molecule has 0 bridgehead atoms. The van der Waals surface area contributed by atoms with Crippen molar-refractivity contribution in [1.82, 2.24) is 10.0 Å². The lowest BCUT2D eigenvalue weighted by atomic mass is 10.1. The molecule has 0 spiro atoms. The molecule has 6 heteroatoms. The van der Waals surface area contributed by atoms with Crippen molar-refractivity contribution >= 4 is 22.6 Å². The summed E-state index contributed by atoms with van der Waals surface area (Å²) in [6.07, 6.45) is 0. The number of amidine groups is 1. The number of ether oxygens (including phenoxy) is 1. The first-order valence-corrected chi connectivity index (χ1v) is 10.9. The number of quaternary nitrogens is 1. The number of nitrogens with zero attached hydrogens (tertiary/aromatic N) is 3. The molecule has 4 rings (SSSR count). The van der Waals surface area contributed by atoms with Crippen LogP contribution in [0.4, 0.5) is 5.69 Å². The highest BCUT2D eigenvalue weighted by Gasteiger charge is 2.37. The normalized spacial score (nSPS) is 22.8. The van der Waals surface area contributed by atoms with Crippen LogP contribution in [0.15, 0.2) is 53.5 Å². The number of hydrogen-bond acceptors (Lipinski definition) is 4. The first-order valence-electron chi connectivity index (χ1n) is 9.91. The molecule has 1 N–H and O–H groups in total. The predicted octanol–water partition coefficient (Wildman–Crippen LogP) is 2.53. The SMILES string of the molecule is COc1ccc(N=C2SC[C@H](c3ccc(C)cc3)N2N2CC[NH+](C)CC2)cc1. The van der Waals surface area contributed by atoms with E-state index in [1.807, 2.05) is 36.0 Å². The van der Waals surface area contributed by atoms with E-state index in [2.05, 4.69) is 48.3 Å². The van der Waals surface area contributed by atoms with E-state index in [1.165, 1.54) is 11.1 Å². The first-order chi connectivity index (χ1) is 13.6. The molecule has 1 atom stereocenters. The van der Waals surface area contributed by atoms with Gasteiger partial charge in [0.2, 0.25) is 0 Å². The summed E-state index contributed by atoms with van der Waals surface area (Å²) in [6.45, 7) is 6.60. The van der Waals surface area contributed by atoms with Gasteiger partial charge >= 0.3 is 0 Å². The van der Waals surface area contributed by atoms with Gasteiger partial charge in [0.05, 0.1) is 52.1 Å². The maximum atomic E-state index is 5.28. The molecule has 2 aliphatic rings. The summed E-state index contributed by atoms with van der Waals surface area (Å²) in [5.41, 5.74) is 3.64. The Morgan fingerprint density at radius 2 is 1.71 bits per heavy atom. The number of nitrogens with one attached hydrogen (secondary N) is 1. The number of likely N-dealkylation sites (N-methyl/N-ethyl adjacent to an activating group) is 1. The van der Waals surface area contributed by atoms with Crippen LogP contribution < -0.4 is 9.64 Å². The van der Waals surface area contributed by atoms with Gasteiger partial charge in [0, 0.05) is 5.75 Å². The lowest BCUT2D eigenvalue weighted by Crippen LogP contribution is -3.12. The summed E-state index contributed by atoms with van der Waals surface area (Å²) in [7, 11) is 3.97. The third-order valence-electron chi connectivity index (χ3n) is 5.52. The third kappa shape index (κ3) is 4.19. The number of benzene rings is 2. The summed E-state index contributed by atoms with van der Waals surface area (Å²) in [5.74, 6) is 1.89. The largest absolute Gasteiger partial charge is 0.497 e. The predicted molar refractivity (Wildman–Crippen MR) is 116 cm³/mol. The second-order valence-electron chi connectivity index (χ2n) is 7.59.